The molecular formula is C25H28N4O4S2. The largest absolute Gasteiger partial charge is 0.461 e. The minimum absolute atomic E-state index is 0.0278. The molecule has 0 atom stereocenters. The number of aryl methyl sites for hydroxylation is 1. The van der Waals surface area contributed by atoms with Crippen molar-refractivity contribution in [1.82, 2.24) is 14.3 Å². The second-order valence-corrected chi connectivity index (χ2v) is 10.2. The summed E-state index contributed by atoms with van der Waals surface area (Å²) >= 11 is 1.42. The molecule has 0 aliphatic rings. The van der Waals surface area contributed by atoms with E-state index in [1.807, 2.05) is 39.8 Å². The highest BCUT2D eigenvalue weighted by atomic mass is 32.2. The van der Waals surface area contributed by atoms with E-state index in [0.29, 0.717) is 28.4 Å². The maximum atomic E-state index is 12.8. The van der Waals surface area contributed by atoms with Crippen LogP contribution >= 0.6 is 11.8 Å². The lowest BCUT2D eigenvalue weighted by Crippen LogP contribution is -2.18. The number of ether oxygens (including phenoxy) is 1. The van der Waals surface area contributed by atoms with E-state index in [1.54, 1.807) is 25.1 Å². The van der Waals surface area contributed by atoms with Crippen LogP contribution in [-0.4, -0.2) is 36.8 Å². The Balaban J connectivity index is 1.99. The van der Waals surface area contributed by atoms with Gasteiger partial charge in [-0.1, -0.05) is 55.8 Å². The van der Waals surface area contributed by atoms with Crippen molar-refractivity contribution >= 4 is 27.8 Å². The first-order valence-electron chi connectivity index (χ1n) is 11.3. The predicted octanol–water partition coefficient (Wildman–Crippen LogP) is 4.60. The summed E-state index contributed by atoms with van der Waals surface area (Å²) in [6, 6.07) is 14.0. The number of hydrogen-bond acceptors (Lipinski definition) is 7. The molecule has 35 heavy (non-hydrogen) atoms. The number of imidazole rings is 1. The van der Waals surface area contributed by atoms with Gasteiger partial charge < -0.3 is 9.30 Å². The molecule has 0 spiro atoms. The molecule has 0 radical (unpaired) electrons. The Kier molecular flexibility index (Phi) is 8.95. The number of aromatic nitrogens is 2. The molecule has 0 fully saturated rings. The Morgan fingerprint density at radius 3 is 2.51 bits per heavy atom. The lowest BCUT2D eigenvalue weighted by Gasteiger charge is -2.13. The van der Waals surface area contributed by atoms with Gasteiger partial charge in [0.2, 0.25) is 0 Å². The number of nitriles is 1. The number of benzene rings is 2. The van der Waals surface area contributed by atoms with Crippen molar-refractivity contribution in [3.8, 4) is 17.3 Å². The minimum Gasteiger partial charge on any atom is -0.461 e. The first-order valence-corrected chi connectivity index (χ1v) is 14.0. The molecule has 0 aliphatic heterocycles. The van der Waals surface area contributed by atoms with Crippen molar-refractivity contribution < 1.29 is 17.9 Å². The highest BCUT2D eigenvalue weighted by Crippen LogP contribution is 2.29. The van der Waals surface area contributed by atoms with Crippen LogP contribution in [0.5, 0.6) is 0 Å². The van der Waals surface area contributed by atoms with Crippen molar-refractivity contribution in [2.75, 3.05) is 12.9 Å². The number of sulfonamides is 1. The third-order valence-electron chi connectivity index (χ3n) is 5.39. The number of rotatable bonds is 11. The molecule has 1 aromatic heterocycles. The van der Waals surface area contributed by atoms with Crippen LogP contribution in [0, 0.1) is 11.5 Å². The molecule has 0 bridgehead atoms. The molecule has 10 heteroatoms. The van der Waals surface area contributed by atoms with Crippen LogP contribution < -0.4 is 4.72 Å². The first-order chi connectivity index (χ1) is 16.9. The number of hydrogen-bond donors (Lipinski definition) is 1. The van der Waals surface area contributed by atoms with Crippen molar-refractivity contribution in [2.24, 2.45) is 0 Å². The van der Waals surface area contributed by atoms with Gasteiger partial charge in [0.15, 0.2) is 11.9 Å². The van der Waals surface area contributed by atoms with Crippen LogP contribution in [0.3, 0.4) is 0 Å². The summed E-state index contributed by atoms with van der Waals surface area (Å²) in [5.74, 6) is 0.440. The maximum absolute atomic E-state index is 12.8. The topological polar surface area (TPSA) is 114 Å². The van der Waals surface area contributed by atoms with Crippen molar-refractivity contribution in [3.05, 3.63) is 65.6 Å². The van der Waals surface area contributed by atoms with Crippen molar-refractivity contribution in [3.63, 3.8) is 0 Å². The second-order valence-electron chi connectivity index (χ2n) is 7.71. The highest BCUT2D eigenvalue weighted by Gasteiger charge is 2.24. The fourth-order valence-corrected chi connectivity index (χ4v) is 5.28. The maximum Gasteiger partial charge on any atom is 0.357 e. The zero-order valence-electron chi connectivity index (χ0n) is 19.9. The average Bonchev–Trinajstić information content (AvgIpc) is 3.20. The summed E-state index contributed by atoms with van der Waals surface area (Å²) in [6.07, 6.45) is 6.08. The molecule has 0 saturated carbocycles. The number of nitrogens with one attached hydrogen (secondary N) is 1. The smallest absolute Gasteiger partial charge is 0.357 e. The molecule has 184 valence electrons. The Morgan fingerprint density at radius 2 is 1.89 bits per heavy atom. The van der Waals surface area contributed by atoms with E-state index in [2.05, 4.69) is 6.92 Å². The van der Waals surface area contributed by atoms with Gasteiger partial charge in [-0.15, -0.1) is 11.8 Å². The SMILES string of the molecule is CCCCc1nc(SC)c(C(=O)OCC)n1Cc1ccc(-c2ccccc2S(=O)(=O)NC#N)cc1. The molecule has 1 N–H and O–H groups in total. The van der Waals surface area contributed by atoms with Crippen LogP contribution in [-0.2, 0) is 27.7 Å². The van der Waals surface area contributed by atoms with Gasteiger partial charge in [0.05, 0.1) is 11.5 Å². The van der Waals surface area contributed by atoms with E-state index in [0.717, 1.165) is 30.7 Å². The van der Waals surface area contributed by atoms with Crippen LogP contribution in [0.25, 0.3) is 11.1 Å². The highest BCUT2D eigenvalue weighted by molar-refractivity contribution is 7.98. The Labute approximate surface area is 210 Å². The first kappa shape index (κ1) is 26.3. The Morgan fingerprint density at radius 1 is 1.17 bits per heavy atom. The summed E-state index contributed by atoms with van der Waals surface area (Å²) in [6.45, 7) is 4.59. The van der Waals surface area contributed by atoms with Gasteiger partial charge in [0.25, 0.3) is 10.0 Å². The average molecular weight is 513 g/mol. The van der Waals surface area contributed by atoms with Crippen LogP contribution in [0.1, 0.15) is 48.6 Å². The summed E-state index contributed by atoms with van der Waals surface area (Å²) in [5.41, 5.74) is 2.57. The summed E-state index contributed by atoms with van der Waals surface area (Å²) in [4.78, 5) is 17.5. The molecular weight excluding hydrogens is 484 g/mol. The van der Waals surface area contributed by atoms with Gasteiger partial charge >= 0.3 is 5.97 Å². The summed E-state index contributed by atoms with van der Waals surface area (Å²) in [7, 11) is -3.96. The van der Waals surface area contributed by atoms with Gasteiger partial charge in [-0.05, 0) is 36.8 Å². The van der Waals surface area contributed by atoms with E-state index in [9.17, 15) is 13.2 Å². The number of carbonyl (C=O) groups is 1. The third-order valence-corrected chi connectivity index (χ3v) is 7.36. The predicted molar refractivity (Wildman–Crippen MR) is 135 cm³/mol. The number of thioether (sulfide) groups is 1. The van der Waals surface area contributed by atoms with Crippen molar-refractivity contribution in [2.45, 2.75) is 49.6 Å². The number of esters is 1. The number of nitrogens with zero attached hydrogens (tertiary/aromatic N) is 3. The molecule has 2 aromatic carbocycles. The fraction of sp³-hybridized carbons (Fsp3) is 0.320. The Hall–Kier alpha value is -3.29. The van der Waals surface area contributed by atoms with Gasteiger partial charge in [-0.2, -0.15) is 5.26 Å². The molecule has 0 saturated heterocycles. The zero-order valence-corrected chi connectivity index (χ0v) is 21.6. The fourth-order valence-electron chi connectivity index (χ4n) is 3.74. The summed E-state index contributed by atoms with van der Waals surface area (Å²) < 4.78 is 34.0. The van der Waals surface area contributed by atoms with Crippen LogP contribution in [0.2, 0.25) is 0 Å². The number of unbranched alkanes of at least 4 members (excludes halogenated alkanes) is 1. The molecule has 0 aliphatic carbocycles. The quantitative estimate of drug-likeness (QED) is 0.173. The standard InChI is InChI=1S/C25H28N4O4S2/c1-4-6-11-22-28-24(34-3)23(25(30)33-5-2)29(22)16-18-12-14-19(15-13-18)20-9-7-8-10-21(20)35(31,32)27-17-26/h7-10,12-15,27H,4-6,11,16H2,1-3H3. The molecule has 0 amide bonds. The molecule has 3 rings (SSSR count). The lowest BCUT2D eigenvalue weighted by atomic mass is 10.0. The third kappa shape index (κ3) is 6.05. The van der Waals surface area contributed by atoms with Gasteiger partial charge in [-0.3, -0.25) is 0 Å². The van der Waals surface area contributed by atoms with E-state index in [-0.39, 0.29) is 11.5 Å². The normalized spacial score (nSPS) is 11.1. The van der Waals surface area contributed by atoms with Crippen LogP contribution in [0.15, 0.2) is 58.5 Å². The second kappa shape index (κ2) is 11.9. The summed E-state index contributed by atoms with van der Waals surface area (Å²) in [5, 5.41) is 9.46. The van der Waals surface area contributed by atoms with Gasteiger partial charge in [0.1, 0.15) is 10.9 Å². The molecule has 8 nitrogen and oxygen atoms in total. The molecule has 3 aromatic rings. The lowest BCUT2D eigenvalue weighted by molar-refractivity contribution is 0.0509. The Bertz CT molecular complexity index is 1330. The zero-order chi connectivity index (χ0) is 25.4. The van der Waals surface area contributed by atoms with Gasteiger partial charge in [0, 0.05) is 18.5 Å². The van der Waals surface area contributed by atoms with E-state index in [1.165, 1.54) is 24.0 Å². The van der Waals surface area contributed by atoms with Gasteiger partial charge in [-0.25, -0.2) is 22.9 Å². The molecule has 0 unspecified atom stereocenters. The van der Waals surface area contributed by atoms with Crippen molar-refractivity contribution in [1.29, 1.82) is 5.26 Å². The van der Waals surface area contributed by atoms with Crippen LogP contribution in [0.4, 0.5) is 0 Å². The van der Waals surface area contributed by atoms with E-state index >= 15 is 0 Å². The molecule has 1 heterocycles. The number of carbonyl (C=O) groups excluding carboxylic acids is 1. The minimum atomic E-state index is -3.96. The van der Waals surface area contributed by atoms with E-state index < -0.39 is 16.0 Å². The van der Waals surface area contributed by atoms with E-state index in [4.69, 9.17) is 15.0 Å². The monoisotopic (exact) mass is 512 g/mol.